The van der Waals surface area contributed by atoms with Crippen molar-refractivity contribution in [3.05, 3.63) is 54.1 Å². The second kappa shape index (κ2) is 9.17. The van der Waals surface area contributed by atoms with Crippen molar-refractivity contribution in [2.45, 2.75) is 11.8 Å². The van der Waals surface area contributed by atoms with Gasteiger partial charge in [-0.25, -0.2) is 8.42 Å². The monoisotopic (exact) mass is 418 g/mol. The van der Waals surface area contributed by atoms with E-state index < -0.39 is 15.9 Å². The van der Waals surface area contributed by atoms with Crippen molar-refractivity contribution >= 4 is 27.4 Å². The molecule has 0 radical (unpaired) electrons. The Labute approximate surface area is 169 Å². The Morgan fingerprint density at radius 1 is 1.10 bits per heavy atom. The molecule has 1 saturated heterocycles. The molecule has 2 aromatic rings. The van der Waals surface area contributed by atoms with Gasteiger partial charge < -0.3 is 14.8 Å². The average Bonchev–Trinajstić information content (AvgIpc) is 2.73. The Hall–Kier alpha value is -2.75. The lowest BCUT2D eigenvalue weighted by Gasteiger charge is -2.26. The maximum Gasteiger partial charge on any atom is 0.262 e. The maximum absolute atomic E-state index is 12.7. The van der Waals surface area contributed by atoms with E-state index in [-0.39, 0.29) is 17.3 Å². The Bertz CT molecular complexity index is 1000. The van der Waals surface area contributed by atoms with Crippen LogP contribution in [-0.2, 0) is 19.6 Å². The van der Waals surface area contributed by atoms with Gasteiger partial charge >= 0.3 is 0 Å². The van der Waals surface area contributed by atoms with Gasteiger partial charge in [-0.05, 0) is 37.3 Å². The van der Waals surface area contributed by atoms with E-state index in [9.17, 15) is 18.0 Å². The van der Waals surface area contributed by atoms with Crippen molar-refractivity contribution in [1.82, 2.24) is 4.31 Å². The van der Waals surface area contributed by atoms with Gasteiger partial charge in [-0.2, -0.15) is 4.31 Å². The van der Waals surface area contributed by atoms with E-state index in [1.54, 1.807) is 36.4 Å². The van der Waals surface area contributed by atoms with E-state index in [2.05, 4.69) is 5.32 Å². The number of hydrogen-bond acceptors (Lipinski definition) is 6. The Kier molecular flexibility index (Phi) is 6.63. The number of hydrogen-bond donors (Lipinski definition) is 1. The molecule has 154 valence electrons. The average molecular weight is 418 g/mol. The largest absolute Gasteiger partial charge is 0.484 e. The summed E-state index contributed by atoms with van der Waals surface area (Å²) in [7, 11) is -3.65. The van der Waals surface area contributed by atoms with Crippen LogP contribution in [0, 0.1) is 0 Å². The lowest BCUT2D eigenvalue weighted by molar-refractivity contribution is -0.118. The second-order valence-electron chi connectivity index (χ2n) is 6.47. The normalized spacial score (nSPS) is 14.9. The number of carbonyl (C=O) groups excluding carboxylic acids is 2. The van der Waals surface area contributed by atoms with Gasteiger partial charge in [0, 0.05) is 24.3 Å². The summed E-state index contributed by atoms with van der Waals surface area (Å²) in [4.78, 5) is 23.7. The molecule has 8 nitrogen and oxygen atoms in total. The summed E-state index contributed by atoms with van der Waals surface area (Å²) in [6.45, 7) is 2.49. The number of nitrogens with zero attached hydrogens (tertiary/aromatic N) is 1. The third-order valence-corrected chi connectivity index (χ3v) is 6.23. The summed E-state index contributed by atoms with van der Waals surface area (Å²) in [6.07, 6.45) is 0. The number of sulfonamides is 1. The minimum absolute atomic E-state index is 0.0989. The van der Waals surface area contributed by atoms with E-state index in [0.29, 0.717) is 43.3 Å². The predicted octanol–water partition coefficient (Wildman–Crippen LogP) is 1.93. The number of ether oxygens (including phenoxy) is 2. The fraction of sp³-hybridized carbons (Fsp3) is 0.300. The number of nitrogens with one attached hydrogen (secondary N) is 1. The highest BCUT2D eigenvalue weighted by atomic mass is 32.2. The zero-order chi connectivity index (χ0) is 20.9. The van der Waals surface area contributed by atoms with Crippen LogP contribution in [0.1, 0.15) is 17.3 Å². The third kappa shape index (κ3) is 5.41. The van der Waals surface area contributed by atoms with Gasteiger partial charge in [0.05, 0.1) is 18.1 Å². The molecule has 9 heteroatoms. The second-order valence-corrected chi connectivity index (χ2v) is 8.40. The Morgan fingerprint density at radius 2 is 1.83 bits per heavy atom. The third-order valence-electron chi connectivity index (χ3n) is 4.34. The van der Waals surface area contributed by atoms with Crippen molar-refractivity contribution in [3.63, 3.8) is 0 Å². The summed E-state index contributed by atoms with van der Waals surface area (Å²) in [6, 6.07) is 12.6. The van der Waals surface area contributed by atoms with E-state index in [0.717, 1.165) is 0 Å². The van der Waals surface area contributed by atoms with E-state index in [1.165, 1.54) is 23.4 Å². The number of carbonyl (C=O) groups is 2. The number of ketones is 1. The van der Waals surface area contributed by atoms with Crippen LogP contribution < -0.4 is 10.1 Å². The van der Waals surface area contributed by atoms with Crippen LogP contribution in [0.15, 0.2) is 53.4 Å². The first kappa shape index (κ1) is 21.0. The molecule has 2 aromatic carbocycles. The standard InChI is InChI=1S/C20H22N2O6S/c1-15(23)16-4-2-6-18(12-16)28-14-20(24)21-17-5-3-7-19(13-17)29(25,26)22-8-10-27-11-9-22/h2-7,12-13H,8-11,14H2,1H3,(H,21,24). The van der Waals surface area contributed by atoms with E-state index >= 15 is 0 Å². The molecule has 0 aromatic heterocycles. The van der Waals surface area contributed by atoms with Crippen LogP contribution in [-0.4, -0.2) is 57.3 Å². The molecule has 1 N–H and O–H groups in total. The van der Waals surface area contributed by atoms with Crippen molar-refractivity contribution in [1.29, 1.82) is 0 Å². The first-order chi connectivity index (χ1) is 13.9. The smallest absolute Gasteiger partial charge is 0.262 e. The molecule has 3 rings (SSSR count). The minimum atomic E-state index is -3.65. The molecule has 29 heavy (non-hydrogen) atoms. The summed E-state index contributed by atoms with van der Waals surface area (Å²) in [5.41, 5.74) is 0.842. The number of Topliss-reactive ketones (excluding diaryl/α,β-unsaturated/α-hetero) is 1. The molecule has 0 saturated carbocycles. The van der Waals surface area contributed by atoms with Crippen molar-refractivity contribution in [2.24, 2.45) is 0 Å². The van der Waals surface area contributed by atoms with Gasteiger partial charge in [-0.15, -0.1) is 0 Å². The Balaban J connectivity index is 1.63. The number of rotatable bonds is 7. The highest BCUT2D eigenvalue weighted by Gasteiger charge is 2.26. The van der Waals surface area contributed by atoms with Crippen LogP contribution in [0.4, 0.5) is 5.69 Å². The van der Waals surface area contributed by atoms with Crippen LogP contribution in [0.2, 0.25) is 0 Å². The minimum Gasteiger partial charge on any atom is -0.484 e. The topological polar surface area (TPSA) is 102 Å². The van der Waals surface area contributed by atoms with Gasteiger partial charge in [0.25, 0.3) is 5.91 Å². The zero-order valence-corrected chi connectivity index (χ0v) is 16.8. The van der Waals surface area contributed by atoms with Crippen LogP contribution in [0.5, 0.6) is 5.75 Å². The SMILES string of the molecule is CC(=O)c1cccc(OCC(=O)Nc2cccc(S(=O)(=O)N3CCOCC3)c2)c1. The van der Waals surface area contributed by atoms with Crippen LogP contribution in [0.25, 0.3) is 0 Å². The molecule has 1 aliphatic heterocycles. The van der Waals surface area contributed by atoms with Gasteiger partial charge in [-0.1, -0.05) is 18.2 Å². The molecule has 1 fully saturated rings. The van der Waals surface area contributed by atoms with Gasteiger partial charge in [0.15, 0.2) is 12.4 Å². The van der Waals surface area contributed by atoms with E-state index in [4.69, 9.17) is 9.47 Å². The highest BCUT2D eigenvalue weighted by Crippen LogP contribution is 2.21. The van der Waals surface area contributed by atoms with Gasteiger partial charge in [-0.3, -0.25) is 9.59 Å². The molecular formula is C20H22N2O6S. The first-order valence-electron chi connectivity index (χ1n) is 9.08. The van der Waals surface area contributed by atoms with Crippen molar-refractivity contribution in [2.75, 3.05) is 38.2 Å². The fourth-order valence-corrected chi connectivity index (χ4v) is 4.28. The van der Waals surface area contributed by atoms with Crippen LogP contribution >= 0.6 is 0 Å². The highest BCUT2D eigenvalue weighted by molar-refractivity contribution is 7.89. The summed E-state index contributed by atoms with van der Waals surface area (Å²) in [5.74, 6) is -0.145. The van der Waals surface area contributed by atoms with Crippen molar-refractivity contribution < 1.29 is 27.5 Å². The first-order valence-corrected chi connectivity index (χ1v) is 10.5. The molecule has 0 bridgehead atoms. The maximum atomic E-state index is 12.7. The molecule has 0 spiro atoms. The lowest BCUT2D eigenvalue weighted by Crippen LogP contribution is -2.40. The van der Waals surface area contributed by atoms with Crippen molar-refractivity contribution in [3.8, 4) is 5.75 Å². The molecule has 1 aliphatic rings. The van der Waals surface area contributed by atoms with Gasteiger partial charge in [0.1, 0.15) is 5.75 Å². The number of anilines is 1. The number of benzene rings is 2. The number of amides is 1. The predicted molar refractivity (Wildman–Crippen MR) is 107 cm³/mol. The van der Waals surface area contributed by atoms with Gasteiger partial charge in [0.2, 0.25) is 10.0 Å². The summed E-state index contributed by atoms with van der Waals surface area (Å²) in [5, 5.41) is 2.63. The quantitative estimate of drug-likeness (QED) is 0.690. The lowest BCUT2D eigenvalue weighted by atomic mass is 10.1. The molecule has 0 aliphatic carbocycles. The van der Waals surface area contributed by atoms with Crippen LogP contribution in [0.3, 0.4) is 0 Å². The molecular weight excluding hydrogens is 396 g/mol. The fourth-order valence-electron chi connectivity index (χ4n) is 2.82. The molecule has 0 atom stereocenters. The molecule has 1 heterocycles. The molecule has 1 amide bonds. The zero-order valence-electron chi connectivity index (χ0n) is 16.0. The summed E-state index contributed by atoms with van der Waals surface area (Å²) >= 11 is 0. The number of morpholine rings is 1. The molecule has 0 unspecified atom stereocenters. The Morgan fingerprint density at radius 3 is 2.55 bits per heavy atom. The van der Waals surface area contributed by atoms with E-state index in [1.807, 2.05) is 0 Å². The summed E-state index contributed by atoms with van der Waals surface area (Å²) < 4.78 is 37.4.